The van der Waals surface area contributed by atoms with E-state index in [-0.39, 0.29) is 5.91 Å². The van der Waals surface area contributed by atoms with Crippen LogP contribution in [0.2, 0.25) is 0 Å². The van der Waals surface area contributed by atoms with Gasteiger partial charge in [-0.05, 0) is 38.6 Å². The molecule has 1 rings (SSSR count). The molecular formula is C15H24N2O2. The van der Waals surface area contributed by atoms with Crippen molar-refractivity contribution in [3.63, 3.8) is 0 Å². The lowest BCUT2D eigenvalue weighted by molar-refractivity contribution is 0.0705. The smallest absolute Gasteiger partial charge is 0.254 e. The van der Waals surface area contributed by atoms with E-state index in [0.29, 0.717) is 19.7 Å². The summed E-state index contributed by atoms with van der Waals surface area (Å²) in [6, 6.07) is 7.82. The van der Waals surface area contributed by atoms with E-state index in [1.807, 2.05) is 43.1 Å². The first-order chi connectivity index (χ1) is 9.24. The number of nitrogens with zero attached hydrogens (tertiary/aromatic N) is 1. The Kier molecular flexibility index (Phi) is 7.15. The summed E-state index contributed by atoms with van der Waals surface area (Å²) in [4.78, 5) is 14.3. The minimum absolute atomic E-state index is 0.0891. The molecule has 0 aliphatic heterocycles. The predicted molar refractivity (Wildman–Crippen MR) is 77.5 cm³/mol. The van der Waals surface area contributed by atoms with Crippen LogP contribution in [0.15, 0.2) is 24.3 Å². The number of carbonyl (C=O) groups excluding carboxylic acids is 1. The molecule has 0 saturated heterocycles. The van der Waals surface area contributed by atoms with E-state index in [0.717, 1.165) is 24.1 Å². The molecule has 0 aromatic heterocycles. The van der Waals surface area contributed by atoms with Gasteiger partial charge < -0.3 is 15.0 Å². The number of ether oxygens (including phenoxy) is 1. The maximum atomic E-state index is 12.5. The average molecular weight is 264 g/mol. The van der Waals surface area contributed by atoms with E-state index < -0.39 is 0 Å². The summed E-state index contributed by atoms with van der Waals surface area (Å²) in [5.74, 6) is 0.0891. The normalized spacial score (nSPS) is 10.5. The summed E-state index contributed by atoms with van der Waals surface area (Å²) < 4.78 is 5.05. The van der Waals surface area contributed by atoms with Crippen LogP contribution in [0.25, 0.3) is 0 Å². The standard InChI is InChI=1S/C15H24N2O2/c1-4-17(11-12-19-3)15(18)14-8-6-5-7-13(14)9-10-16-2/h5-8,16H,4,9-12H2,1-3H3. The van der Waals surface area contributed by atoms with Crippen molar-refractivity contribution in [2.75, 3.05) is 40.4 Å². The number of hydrogen-bond acceptors (Lipinski definition) is 3. The van der Waals surface area contributed by atoms with Crippen LogP contribution in [-0.4, -0.2) is 51.2 Å². The molecule has 0 saturated carbocycles. The number of carbonyl (C=O) groups is 1. The number of methoxy groups -OCH3 is 1. The fourth-order valence-corrected chi connectivity index (χ4v) is 1.98. The highest BCUT2D eigenvalue weighted by Gasteiger charge is 2.16. The van der Waals surface area contributed by atoms with Crippen LogP contribution < -0.4 is 5.32 Å². The minimum Gasteiger partial charge on any atom is -0.383 e. The molecule has 1 amide bonds. The summed E-state index contributed by atoms with van der Waals surface area (Å²) >= 11 is 0. The average Bonchev–Trinajstić information content (AvgIpc) is 2.46. The van der Waals surface area contributed by atoms with Gasteiger partial charge in [-0.3, -0.25) is 4.79 Å². The first-order valence-corrected chi connectivity index (χ1v) is 6.75. The van der Waals surface area contributed by atoms with E-state index in [4.69, 9.17) is 4.74 Å². The van der Waals surface area contributed by atoms with Gasteiger partial charge in [0.05, 0.1) is 6.61 Å². The van der Waals surface area contributed by atoms with Crippen molar-refractivity contribution in [1.82, 2.24) is 10.2 Å². The molecule has 1 aromatic rings. The number of nitrogens with one attached hydrogen (secondary N) is 1. The van der Waals surface area contributed by atoms with Crippen LogP contribution in [0.4, 0.5) is 0 Å². The van der Waals surface area contributed by atoms with Gasteiger partial charge in [-0.25, -0.2) is 0 Å². The monoisotopic (exact) mass is 264 g/mol. The Labute approximate surface area is 115 Å². The molecule has 0 atom stereocenters. The molecule has 0 bridgehead atoms. The van der Waals surface area contributed by atoms with Gasteiger partial charge >= 0.3 is 0 Å². The van der Waals surface area contributed by atoms with Gasteiger partial charge in [0.25, 0.3) is 5.91 Å². The molecule has 19 heavy (non-hydrogen) atoms. The van der Waals surface area contributed by atoms with Gasteiger partial charge in [-0.1, -0.05) is 18.2 Å². The zero-order valence-electron chi connectivity index (χ0n) is 12.1. The molecule has 4 heteroatoms. The summed E-state index contributed by atoms with van der Waals surface area (Å²) in [6.07, 6.45) is 0.861. The third-order valence-electron chi connectivity index (χ3n) is 3.13. The van der Waals surface area contributed by atoms with Crippen molar-refractivity contribution in [2.24, 2.45) is 0 Å². The molecule has 1 N–H and O–H groups in total. The summed E-state index contributed by atoms with van der Waals surface area (Å²) in [6.45, 7) is 4.76. The van der Waals surface area contributed by atoms with Crippen molar-refractivity contribution in [3.8, 4) is 0 Å². The minimum atomic E-state index is 0.0891. The molecular weight excluding hydrogens is 240 g/mol. The molecule has 0 radical (unpaired) electrons. The van der Waals surface area contributed by atoms with Crippen molar-refractivity contribution in [2.45, 2.75) is 13.3 Å². The maximum Gasteiger partial charge on any atom is 0.254 e. The van der Waals surface area contributed by atoms with Gasteiger partial charge in [-0.15, -0.1) is 0 Å². The highest BCUT2D eigenvalue weighted by Crippen LogP contribution is 2.12. The Bertz CT molecular complexity index is 393. The van der Waals surface area contributed by atoms with Crippen LogP contribution in [0.1, 0.15) is 22.8 Å². The van der Waals surface area contributed by atoms with Gasteiger partial charge in [0.1, 0.15) is 0 Å². The molecule has 0 spiro atoms. The zero-order chi connectivity index (χ0) is 14.1. The molecule has 0 fully saturated rings. The quantitative estimate of drug-likeness (QED) is 0.774. The van der Waals surface area contributed by atoms with Crippen LogP contribution >= 0.6 is 0 Å². The molecule has 4 nitrogen and oxygen atoms in total. The van der Waals surface area contributed by atoms with Gasteiger partial charge in [0.15, 0.2) is 0 Å². The predicted octanol–water partition coefficient (Wildman–Crippen LogP) is 1.56. The van der Waals surface area contributed by atoms with Crippen molar-refractivity contribution in [3.05, 3.63) is 35.4 Å². The number of amides is 1. The number of hydrogen-bond donors (Lipinski definition) is 1. The van der Waals surface area contributed by atoms with E-state index >= 15 is 0 Å². The summed E-state index contributed by atoms with van der Waals surface area (Å²) in [5.41, 5.74) is 1.90. The summed E-state index contributed by atoms with van der Waals surface area (Å²) in [5, 5.41) is 3.11. The molecule has 1 aromatic carbocycles. The van der Waals surface area contributed by atoms with Crippen LogP contribution in [0.3, 0.4) is 0 Å². The lowest BCUT2D eigenvalue weighted by Gasteiger charge is -2.22. The molecule has 0 unspecified atom stereocenters. The first-order valence-electron chi connectivity index (χ1n) is 6.75. The Hall–Kier alpha value is -1.39. The third kappa shape index (κ3) is 4.65. The van der Waals surface area contributed by atoms with Gasteiger partial charge in [0, 0.05) is 25.8 Å². The van der Waals surface area contributed by atoms with Crippen LogP contribution in [0.5, 0.6) is 0 Å². The second-order valence-electron chi connectivity index (χ2n) is 4.39. The fourth-order valence-electron chi connectivity index (χ4n) is 1.98. The molecule has 0 aliphatic rings. The van der Waals surface area contributed by atoms with Gasteiger partial charge in [-0.2, -0.15) is 0 Å². The van der Waals surface area contributed by atoms with E-state index in [9.17, 15) is 4.79 Å². The van der Waals surface area contributed by atoms with Crippen molar-refractivity contribution >= 4 is 5.91 Å². The Morgan fingerprint density at radius 3 is 2.74 bits per heavy atom. The summed E-state index contributed by atoms with van der Waals surface area (Å²) in [7, 11) is 3.57. The van der Waals surface area contributed by atoms with Crippen LogP contribution in [0, 0.1) is 0 Å². The lowest BCUT2D eigenvalue weighted by Crippen LogP contribution is -2.34. The fraction of sp³-hybridized carbons (Fsp3) is 0.533. The lowest BCUT2D eigenvalue weighted by atomic mass is 10.0. The highest BCUT2D eigenvalue weighted by molar-refractivity contribution is 5.95. The second-order valence-corrected chi connectivity index (χ2v) is 4.39. The first kappa shape index (κ1) is 15.7. The zero-order valence-corrected chi connectivity index (χ0v) is 12.1. The number of benzene rings is 1. The Morgan fingerprint density at radius 1 is 1.37 bits per heavy atom. The van der Waals surface area contributed by atoms with Crippen molar-refractivity contribution in [1.29, 1.82) is 0 Å². The Balaban J connectivity index is 2.84. The second kappa shape index (κ2) is 8.67. The molecule has 0 aliphatic carbocycles. The van der Waals surface area contributed by atoms with Crippen molar-refractivity contribution < 1.29 is 9.53 Å². The van der Waals surface area contributed by atoms with E-state index in [1.165, 1.54) is 0 Å². The number of rotatable bonds is 8. The van der Waals surface area contributed by atoms with Crippen LogP contribution in [-0.2, 0) is 11.2 Å². The maximum absolute atomic E-state index is 12.5. The molecule has 106 valence electrons. The van der Waals surface area contributed by atoms with E-state index in [1.54, 1.807) is 7.11 Å². The topological polar surface area (TPSA) is 41.6 Å². The third-order valence-corrected chi connectivity index (χ3v) is 3.13. The molecule has 0 heterocycles. The SMILES string of the molecule is CCN(CCOC)C(=O)c1ccccc1CCNC. The largest absolute Gasteiger partial charge is 0.383 e. The van der Waals surface area contributed by atoms with E-state index in [2.05, 4.69) is 5.32 Å². The number of likely N-dealkylation sites (N-methyl/N-ethyl adjacent to an activating group) is 2. The van der Waals surface area contributed by atoms with Gasteiger partial charge in [0.2, 0.25) is 0 Å². The Morgan fingerprint density at radius 2 is 2.11 bits per heavy atom. The highest BCUT2D eigenvalue weighted by atomic mass is 16.5.